The maximum absolute atomic E-state index is 5.83. The number of imidazole rings is 1. The minimum absolute atomic E-state index is 0.275. The molecule has 1 fully saturated rings. The quantitative estimate of drug-likeness (QED) is 0.873. The molecule has 3 heterocycles. The van der Waals surface area contributed by atoms with Crippen LogP contribution in [0, 0.1) is 5.41 Å². The van der Waals surface area contributed by atoms with E-state index in [9.17, 15) is 0 Å². The fourth-order valence-electron chi connectivity index (χ4n) is 2.61. The fraction of sp³-hybridized carbons (Fsp3) is 0.538. The van der Waals surface area contributed by atoms with Crippen LogP contribution in [-0.4, -0.2) is 38.9 Å². The summed E-state index contributed by atoms with van der Waals surface area (Å²) in [5, 5.41) is 0. The van der Waals surface area contributed by atoms with Crippen molar-refractivity contribution in [3.8, 4) is 0 Å². The molecule has 18 heavy (non-hydrogen) atoms. The van der Waals surface area contributed by atoms with Gasteiger partial charge in [0.1, 0.15) is 0 Å². The van der Waals surface area contributed by atoms with Gasteiger partial charge in [-0.2, -0.15) is 0 Å². The van der Waals surface area contributed by atoms with Gasteiger partial charge in [0.2, 0.25) is 5.78 Å². The zero-order chi connectivity index (χ0) is 12.6. The van der Waals surface area contributed by atoms with Gasteiger partial charge < -0.3 is 5.73 Å². The lowest BCUT2D eigenvalue weighted by molar-refractivity contribution is 0.272. The summed E-state index contributed by atoms with van der Waals surface area (Å²) in [6, 6.07) is 1.92. The number of hydrogen-bond acceptors (Lipinski definition) is 4. The van der Waals surface area contributed by atoms with E-state index in [4.69, 9.17) is 5.73 Å². The lowest BCUT2D eigenvalue weighted by atomic mass is 9.90. The molecule has 0 aromatic carbocycles. The molecular weight excluding hydrogens is 226 g/mol. The normalized spacial score (nSPS) is 25.0. The van der Waals surface area contributed by atoms with Gasteiger partial charge in [-0.15, -0.1) is 0 Å². The molecule has 0 amide bonds. The Morgan fingerprint density at radius 3 is 3.11 bits per heavy atom. The number of nitrogens with two attached hydrogens (primary N) is 1. The molecule has 96 valence electrons. The predicted molar refractivity (Wildman–Crippen MR) is 70.0 cm³/mol. The van der Waals surface area contributed by atoms with Crippen LogP contribution in [0.15, 0.2) is 24.7 Å². The number of nitrogens with zero attached hydrogens (tertiary/aromatic N) is 4. The highest BCUT2D eigenvalue weighted by molar-refractivity contribution is 5.29. The SMILES string of the molecule is CC1(CN)CCN(Cc2cn3cccnc3n2)C1. The third-order valence-corrected chi connectivity index (χ3v) is 3.80. The molecule has 0 spiro atoms. The number of aromatic nitrogens is 3. The van der Waals surface area contributed by atoms with Gasteiger partial charge in [-0.05, 0) is 31.0 Å². The van der Waals surface area contributed by atoms with Crippen molar-refractivity contribution in [2.24, 2.45) is 11.1 Å². The van der Waals surface area contributed by atoms with Gasteiger partial charge >= 0.3 is 0 Å². The van der Waals surface area contributed by atoms with Crippen molar-refractivity contribution < 1.29 is 0 Å². The smallest absolute Gasteiger partial charge is 0.233 e. The zero-order valence-corrected chi connectivity index (χ0v) is 10.7. The molecule has 2 aromatic rings. The molecule has 1 aliphatic rings. The van der Waals surface area contributed by atoms with Crippen LogP contribution in [0.4, 0.5) is 0 Å². The van der Waals surface area contributed by atoms with Crippen LogP contribution in [-0.2, 0) is 6.54 Å². The maximum Gasteiger partial charge on any atom is 0.233 e. The Morgan fingerprint density at radius 1 is 1.50 bits per heavy atom. The Kier molecular flexibility index (Phi) is 2.80. The van der Waals surface area contributed by atoms with E-state index >= 15 is 0 Å². The molecule has 1 aliphatic heterocycles. The monoisotopic (exact) mass is 245 g/mol. The molecule has 3 rings (SSSR count). The summed E-state index contributed by atoms with van der Waals surface area (Å²) < 4.78 is 1.97. The van der Waals surface area contributed by atoms with Crippen LogP contribution in [0.3, 0.4) is 0 Å². The highest BCUT2D eigenvalue weighted by atomic mass is 15.2. The number of fused-ring (bicyclic) bond motifs is 1. The molecule has 1 saturated heterocycles. The van der Waals surface area contributed by atoms with Gasteiger partial charge in [0.05, 0.1) is 5.69 Å². The summed E-state index contributed by atoms with van der Waals surface area (Å²) in [7, 11) is 0. The van der Waals surface area contributed by atoms with Gasteiger partial charge in [-0.3, -0.25) is 9.30 Å². The first kappa shape index (κ1) is 11.6. The van der Waals surface area contributed by atoms with Gasteiger partial charge in [0, 0.05) is 31.7 Å². The van der Waals surface area contributed by atoms with Crippen LogP contribution in [0.5, 0.6) is 0 Å². The van der Waals surface area contributed by atoms with E-state index in [-0.39, 0.29) is 5.41 Å². The topological polar surface area (TPSA) is 59.5 Å². The Labute approximate surface area is 107 Å². The van der Waals surface area contributed by atoms with E-state index in [2.05, 4.69) is 28.0 Å². The molecule has 0 aliphatic carbocycles. The molecule has 5 nitrogen and oxygen atoms in total. The molecule has 0 saturated carbocycles. The lowest BCUT2D eigenvalue weighted by Crippen LogP contribution is -2.31. The summed E-state index contributed by atoms with van der Waals surface area (Å²) in [5.74, 6) is 0.772. The van der Waals surface area contributed by atoms with E-state index in [0.29, 0.717) is 0 Å². The number of likely N-dealkylation sites (tertiary alicyclic amines) is 1. The van der Waals surface area contributed by atoms with E-state index in [1.165, 1.54) is 6.42 Å². The summed E-state index contributed by atoms with van der Waals surface area (Å²) in [5.41, 5.74) is 7.18. The highest BCUT2D eigenvalue weighted by Crippen LogP contribution is 2.29. The molecule has 2 N–H and O–H groups in total. The first-order valence-corrected chi connectivity index (χ1v) is 6.40. The second-order valence-electron chi connectivity index (χ2n) is 5.53. The molecule has 5 heteroatoms. The van der Waals surface area contributed by atoms with Crippen molar-refractivity contribution >= 4 is 5.78 Å². The summed E-state index contributed by atoms with van der Waals surface area (Å²) in [6.45, 7) is 6.08. The zero-order valence-electron chi connectivity index (χ0n) is 10.7. The van der Waals surface area contributed by atoms with Crippen molar-refractivity contribution in [1.29, 1.82) is 0 Å². The van der Waals surface area contributed by atoms with Crippen molar-refractivity contribution in [2.75, 3.05) is 19.6 Å². The summed E-state index contributed by atoms with van der Waals surface area (Å²) in [4.78, 5) is 11.2. The molecular formula is C13H19N5. The number of hydrogen-bond donors (Lipinski definition) is 1. The van der Waals surface area contributed by atoms with E-state index in [0.717, 1.165) is 37.7 Å². The van der Waals surface area contributed by atoms with Gasteiger partial charge in [-0.1, -0.05) is 6.92 Å². The van der Waals surface area contributed by atoms with Crippen molar-refractivity contribution in [3.63, 3.8) is 0 Å². The van der Waals surface area contributed by atoms with Crippen LogP contribution in [0.25, 0.3) is 5.78 Å². The Bertz CT molecular complexity index is 516. The second-order valence-corrected chi connectivity index (χ2v) is 5.53. The minimum Gasteiger partial charge on any atom is -0.330 e. The minimum atomic E-state index is 0.275. The van der Waals surface area contributed by atoms with Gasteiger partial charge in [0.15, 0.2) is 0 Å². The van der Waals surface area contributed by atoms with Crippen LogP contribution in [0.2, 0.25) is 0 Å². The average Bonchev–Trinajstić information content (AvgIpc) is 2.93. The van der Waals surface area contributed by atoms with Gasteiger partial charge in [0.25, 0.3) is 0 Å². The Hall–Kier alpha value is -1.46. The first-order chi connectivity index (χ1) is 8.68. The van der Waals surface area contributed by atoms with E-state index in [1.807, 2.05) is 16.7 Å². The fourth-order valence-corrected chi connectivity index (χ4v) is 2.61. The standard InChI is InChI=1S/C13H19N5/c1-13(9-14)3-6-17(10-13)7-11-8-18-5-2-4-15-12(18)16-11/h2,4-5,8H,3,6-7,9-10,14H2,1H3. The van der Waals surface area contributed by atoms with Crippen LogP contribution < -0.4 is 5.73 Å². The highest BCUT2D eigenvalue weighted by Gasteiger charge is 2.32. The van der Waals surface area contributed by atoms with Crippen LogP contribution >= 0.6 is 0 Å². The predicted octanol–water partition coefficient (Wildman–Crippen LogP) is 0.900. The third kappa shape index (κ3) is 2.11. The summed E-state index contributed by atoms with van der Waals surface area (Å²) in [6.07, 6.45) is 6.98. The Morgan fingerprint density at radius 2 is 2.39 bits per heavy atom. The molecule has 1 atom stereocenters. The van der Waals surface area contributed by atoms with Crippen molar-refractivity contribution in [2.45, 2.75) is 19.9 Å². The summed E-state index contributed by atoms with van der Waals surface area (Å²) >= 11 is 0. The van der Waals surface area contributed by atoms with E-state index < -0.39 is 0 Å². The van der Waals surface area contributed by atoms with Crippen LogP contribution in [0.1, 0.15) is 19.0 Å². The van der Waals surface area contributed by atoms with Crippen molar-refractivity contribution in [1.82, 2.24) is 19.3 Å². The first-order valence-electron chi connectivity index (χ1n) is 6.40. The maximum atomic E-state index is 5.83. The lowest BCUT2D eigenvalue weighted by Gasteiger charge is -2.22. The molecule has 2 aromatic heterocycles. The molecule has 0 radical (unpaired) electrons. The number of rotatable bonds is 3. The van der Waals surface area contributed by atoms with Crippen molar-refractivity contribution in [3.05, 3.63) is 30.4 Å². The Balaban J connectivity index is 1.73. The third-order valence-electron chi connectivity index (χ3n) is 3.80. The van der Waals surface area contributed by atoms with E-state index in [1.54, 1.807) is 6.20 Å². The average molecular weight is 245 g/mol. The molecule has 0 bridgehead atoms. The van der Waals surface area contributed by atoms with Gasteiger partial charge in [-0.25, -0.2) is 9.97 Å². The molecule has 1 unspecified atom stereocenters. The second kappa shape index (κ2) is 4.33. The largest absolute Gasteiger partial charge is 0.330 e.